The Balaban J connectivity index is 1.18. The van der Waals surface area contributed by atoms with Crippen molar-refractivity contribution in [3.63, 3.8) is 0 Å². The van der Waals surface area contributed by atoms with E-state index in [-0.39, 0.29) is 0 Å². The highest BCUT2D eigenvalue weighted by Gasteiger charge is 2.12. The molecule has 1 N–H and O–H groups in total. The molecule has 2 aromatic heterocycles. The van der Waals surface area contributed by atoms with Gasteiger partial charge >= 0.3 is 0 Å². The summed E-state index contributed by atoms with van der Waals surface area (Å²) in [6.45, 7) is 0. The van der Waals surface area contributed by atoms with E-state index >= 15 is 0 Å². The van der Waals surface area contributed by atoms with Crippen LogP contribution in [-0.2, 0) is 0 Å². The first-order chi connectivity index (χ1) is 17.8. The number of benzene rings is 5. The Labute approximate surface area is 208 Å². The number of hydrogen-bond acceptors (Lipinski definition) is 3. The maximum atomic E-state index is 6.19. The summed E-state index contributed by atoms with van der Waals surface area (Å²) in [6.07, 6.45) is 3.75. The predicted octanol–water partition coefficient (Wildman–Crippen LogP) is 9.21. The van der Waals surface area contributed by atoms with Gasteiger partial charge in [-0.25, -0.2) is 0 Å². The van der Waals surface area contributed by atoms with Crippen LogP contribution in [0.4, 0.5) is 11.4 Å². The molecule has 0 saturated carbocycles. The minimum atomic E-state index is 0.870. The smallest absolute Gasteiger partial charge is 0.146 e. The molecule has 0 aliphatic carbocycles. The van der Waals surface area contributed by atoms with Gasteiger partial charge in [0.1, 0.15) is 11.2 Å². The topological polar surface area (TPSA) is 38.1 Å². The van der Waals surface area contributed by atoms with Crippen molar-refractivity contribution >= 4 is 44.1 Å². The Kier molecular flexibility index (Phi) is 4.78. The summed E-state index contributed by atoms with van der Waals surface area (Å²) in [4.78, 5) is 4.48. The summed E-state index contributed by atoms with van der Waals surface area (Å²) in [5.74, 6) is 0. The number of nitrogens with one attached hydrogen (secondary N) is 1. The fourth-order valence-corrected chi connectivity index (χ4v) is 4.89. The summed E-state index contributed by atoms with van der Waals surface area (Å²) in [6, 6.07) is 40.1. The lowest BCUT2D eigenvalue weighted by Gasteiger charge is -2.10. The van der Waals surface area contributed by atoms with E-state index in [4.69, 9.17) is 4.42 Å². The first kappa shape index (κ1) is 20.5. The maximum Gasteiger partial charge on any atom is 0.146 e. The molecule has 0 spiro atoms. The SMILES string of the molecule is c1cc(Nc2ccc(-c3cncc4c3oc3ccccc34)cc2)cc(-c2ccc3ccccc3c2)c1. The maximum absolute atomic E-state index is 6.19. The second-order valence-electron chi connectivity index (χ2n) is 9.01. The van der Waals surface area contributed by atoms with E-state index in [1.54, 1.807) is 0 Å². The summed E-state index contributed by atoms with van der Waals surface area (Å²) < 4.78 is 6.19. The van der Waals surface area contributed by atoms with Gasteiger partial charge in [-0.2, -0.15) is 0 Å². The highest BCUT2D eigenvalue weighted by Crippen LogP contribution is 2.35. The molecule has 0 aliphatic rings. The van der Waals surface area contributed by atoms with Crippen molar-refractivity contribution in [2.75, 3.05) is 5.32 Å². The van der Waals surface area contributed by atoms with Gasteiger partial charge in [0.15, 0.2) is 0 Å². The van der Waals surface area contributed by atoms with Crippen LogP contribution >= 0.6 is 0 Å². The predicted molar refractivity (Wildman–Crippen MR) is 150 cm³/mol. The molecule has 3 nitrogen and oxygen atoms in total. The molecule has 0 aliphatic heterocycles. The quantitative estimate of drug-likeness (QED) is 0.283. The molecule has 0 amide bonds. The fraction of sp³-hybridized carbons (Fsp3) is 0. The third kappa shape index (κ3) is 3.58. The number of fused-ring (bicyclic) bond motifs is 4. The van der Waals surface area contributed by atoms with Crippen molar-refractivity contribution in [1.29, 1.82) is 0 Å². The highest BCUT2D eigenvalue weighted by atomic mass is 16.3. The van der Waals surface area contributed by atoms with Gasteiger partial charge in [0.25, 0.3) is 0 Å². The molecule has 0 unspecified atom stereocenters. The van der Waals surface area contributed by atoms with E-state index < -0.39 is 0 Å². The molecule has 0 fully saturated rings. The van der Waals surface area contributed by atoms with Crippen LogP contribution in [-0.4, -0.2) is 4.98 Å². The second kappa shape index (κ2) is 8.40. The normalized spacial score (nSPS) is 11.3. The molecule has 7 rings (SSSR count). The second-order valence-corrected chi connectivity index (χ2v) is 9.01. The van der Waals surface area contributed by atoms with E-state index in [1.807, 2.05) is 30.6 Å². The molecule has 0 saturated heterocycles. The largest absolute Gasteiger partial charge is 0.455 e. The van der Waals surface area contributed by atoms with E-state index in [0.717, 1.165) is 44.4 Å². The van der Waals surface area contributed by atoms with Crippen molar-refractivity contribution in [2.24, 2.45) is 0 Å². The molecule has 3 heteroatoms. The Morgan fingerprint density at radius 2 is 1.31 bits per heavy atom. The summed E-state index contributed by atoms with van der Waals surface area (Å²) in [5.41, 5.74) is 8.29. The minimum absolute atomic E-state index is 0.870. The Bertz CT molecular complexity index is 1870. The van der Waals surface area contributed by atoms with Crippen LogP contribution in [0.1, 0.15) is 0 Å². The number of hydrogen-bond donors (Lipinski definition) is 1. The highest BCUT2D eigenvalue weighted by molar-refractivity contribution is 6.08. The molecule has 36 heavy (non-hydrogen) atoms. The van der Waals surface area contributed by atoms with E-state index in [2.05, 4.69) is 107 Å². The molecule has 0 bridgehead atoms. The van der Waals surface area contributed by atoms with Crippen molar-refractivity contribution in [1.82, 2.24) is 4.98 Å². The molecule has 0 radical (unpaired) electrons. The van der Waals surface area contributed by atoms with Crippen molar-refractivity contribution in [2.45, 2.75) is 0 Å². The van der Waals surface area contributed by atoms with Crippen LogP contribution in [0.2, 0.25) is 0 Å². The molecule has 170 valence electrons. The van der Waals surface area contributed by atoms with Crippen LogP contribution in [0.3, 0.4) is 0 Å². The van der Waals surface area contributed by atoms with Crippen molar-refractivity contribution in [3.05, 3.63) is 128 Å². The molecular formula is C33H22N2O. The average molecular weight is 463 g/mol. The molecular weight excluding hydrogens is 440 g/mol. The summed E-state index contributed by atoms with van der Waals surface area (Å²) in [5, 5.41) is 8.18. The minimum Gasteiger partial charge on any atom is -0.455 e. The van der Waals surface area contributed by atoms with Gasteiger partial charge in [-0.15, -0.1) is 0 Å². The molecule has 2 heterocycles. The number of nitrogens with zero attached hydrogens (tertiary/aromatic N) is 1. The Hall–Kier alpha value is -4.89. The fourth-order valence-electron chi connectivity index (χ4n) is 4.89. The number of rotatable bonds is 4. The number of anilines is 2. The van der Waals surface area contributed by atoms with E-state index in [0.29, 0.717) is 0 Å². The monoisotopic (exact) mass is 462 g/mol. The van der Waals surface area contributed by atoms with Gasteiger partial charge < -0.3 is 9.73 Å². The number of furan rings is 1. The third-order valence-electron chi connectivity index (χ3n) is 6.72. The van der Waals surface area contributed by atoms with Gasteiger partial charge in [0.2, 0.25) is 0 Å². The molecule has 0 atom stereocenters. The first-order valence-corrected chi connectivity index (χ1v) is 12.0. The first-order valence-electron chi connectivity index (χ1n) is 12.0. The van der Waals surface area contributed by atoms with Gasteiger partial charge in [0.05, 0.1) is 0 Å². The lowest BCUT2D eigenvalue weighted by molar-refractivity contribution is 0.669. The number of pyridine rings is 1. The zero-order valence-electron chi connectivity index (χ0n) is 19.5. The van der Waals surface area contributed by atoms with Crippen LogP contribution in [0.25, 0.3) is 55.0 Å². The van der Waals surface area contributed by atoms with Gasteiger partial charge in [0, 0.05) is 40.1 Å². The average Bonchev–Trinajstić information content (AvgIpc) is 3.32. The van der Waals surface area contributed by atoms with Crippen molar-refractivity contribution < 1.29 is 4.42 Å². The zero-order valence-corrected chi connectivity index (χ0v) is 19.5. The van der Waals surface area contributed by atoms with Gasteiger partial charge in [-0.1, -0.05) is 78.9 Å². The molecule has 5 aromatic carbocycles. The van der Waals surface area contributed by atoms with Crippen LogP contribution in [0, 0.1) is 0 Å². The summed E-state index contributed by atoms with van der Waals surface area (Å²) in [7, 11) is 0. The van der Waals surface area contributed by atoms with Crippen LogP contribution in [0.5, 0.6) is 0 Å². The lowest BCUT2D eigenvalue weighted by atomic mass is 10.0. The van der Waals surface area contributed by atoms with E-state index in [9.17, 15) is 0 Å². The zero-order chi connectivity index (χ0) is 23.9. The summed E-state index contributed by atoms with van der Waals surface area (Å²) >= 11 is 0. The third-order valence-corrected chi connectivity index (χ3v) is 6.72. The van der Waals surface area contributed by atoms with Crippen molar-refractivity contribution in [3.8, 4) is 22.3 Å². The lowest BCUT2D eigenvalue weighted by Crippen LogP contribution is -1.91. The van der Waals surface area contributed by atoms with Crippen LogP contribution < -0.4 is 5.32 Å². The Morgan fingerprint density at radius 3 is 2.22 bits per heavy atom. The van der Waals surface area contributed by atoms with Gasteiger partial charge in [-0.05, 0) is 63.9 Å². The van der Waals surface area contributed by atoms with E-state index in [1.165, 1.54) is 21.9 Å². The standard InChI is InChI=1S/C33H22N2O/c1-2-7-24-18-26(13-12-22(24)6-1)25-8-5-9-28(19-25)35-27-16-14-23(15-17-27)30-20-34-21-31-29-10-3-4-11-32(29)36-33(30)31/h1-21,35H. The number of aromatic nitrogens is 1. The number of para-hydroxylation sites is 1. The molecule has 7 aromatic rings. The van der Waals surface area contributed by atoms with Gasteiger partial charge in [-0.3, -0.25) is 4.98 Å². The Morgan fingerprint density at radius 1 is 0.528 bits per heavy atom. The van der Waals surface area contributed by atoms with Crippen LogP contribution in [0.15, 0.2) is 132 Å².